The van der Waals surface area contributed by atoms with Crippen LogP contribution in [0.2, 0.25) is 0 Å². The minimum absolute atomic E-state index is 0.239. The molecule has 0 aliphatic heterocycles. The predicted molar refractivity (Wildman–Crippen MR) is 101 cm³/mol. The summed E-state index contributed by atoms with van der Waals surface area (Å²) in [5.41, 5.74) is 1.56. The lowest BCUT2D eigenvalue weighted by Gasteiger charge is -2.15. The second kappa shape index (κ2) is 7.45. The van der Waals surface area contributed by atoms with E-state index >= 15 is 0 Å². The first-order chi connectivity index (χ1) is 12.8. The van der Waals surface area contributed by atoms with Crippen LogP contribution in [-0.4, -0.2) is 31.8 Å². The zero-order valence-electron chi connectivity index (χ0n) is 15.6. The summed E-state index contributed by atoms with van der Waals surface area (Å²) in [4.78, 5) is 31.6. The van der Waals surface area contributed by atoms with Gasteiger partial charge in [-0.1, -0.05) is 18.2 Å². The molecule has 8 heteroatoms. The molecule has 0 saturated carbocycles. The number of ether oxygens (including phenoxy) is 1. The van der Waals surface area contributed by atoms with Gasteiger partial charge < -0.3 is 10.1 Å². The van der Waals surface area contributed by atoms with E-state index in [2.05, 4.69) is 20.4 Å². The topological polar surface area (TPSA) is 102 Å². The van der Waals surface area contributed by atoms with Crippen molar-refractivity contribution in [3.63, 3.8) is 0 Å². The van der Waals surface area contributed by atoms with Gasteiger partial charge in [0, 0.05) is 17.3 Å². The van der Waals surface area contributed by atoms with Crippen LogP contribution in [0.15, 0.2) is 41.2 Å². The lowest BCUT2D eigenvalue weighted by Crippen LogP contribution is -2.31. The second-order valence-corrected chi connectivity index (χ2v) is 6.25. The highest BCUT2D eigenvalue weighted by molar-refractivity contribution is 5.93. The minimum Gasteiger partial charge on any atom is -0.481 e. The molecular weight excluding hydrogens is 346 g/mol. The molecule has 140 valence electrons. The van der Waals surface area contributed by atoms with Crippen LogP contribution < -0.4 is 15.6 Å². The molecule has 0 saturated heterocycles. The third-order valence-electron chi connectivity index (χ3n) is 4.09. The molecule has 0 aliphatic carbocycles. The zero-order valence-corrected chi connectivity index (χ0v) is 15.6. The van der Waals surface area contributed by atoms with Crippen molar-refractivity contribution in [1.29, 1.82) is 0 Å². The Balaban J connectivity index is 1.84. The number of carbonyl (C=O) groups is 1. The first kappa shape index (κ1) is 18.4. The van der Waals surface area contributed by atoms with E-state index in [0.29, 0.717) is 28.5 Å². The van der Waals surface area contributed by atoms with Gasteiger partial charge in [-0.25, -0.2) is 4.98 Å². The molecule has 2 N–H and O–H groups in total. The molecule has 3 rings (SSSR count). The second-order valence-electron chi connectivity index (χ2n) is 6.25. The van der Waals surface area contributed by atoms with Crippen molar-refractivity contribution in [3.05, 3.63) is 63.7 Å². The number of aromatic amines is 1. The van der Waals surface area contributed by atoms with Crippen molar-refractivity contribution in [3.8, 4) is 11.7 Å². The molecule has 0 fully saturated rings. The van der Waals surface area contributed by atoms with Crippen LogP contribution in [0.5, 0.6) is 5.75 Å². The standard InChI is InChI=1S/C19H21N5O3/c1-11-10-16(21-18(26)14(4)27-15-8-6-5-7-9-15)24(23-11)19-20-13(3)12(2)17(25)22-19/h5-10,14H,1-4H3,(H,21,26)(H,20,22,25)/t14-/m0/s1. The quantitative estimate of drug-likeness (QED) is 0.720. The lowest BCUT2D eigenvalue weighted by atomic mass is 10.3. The van der Waals surface area contributed by atoms with Gasteiger partial charge in [-0.3, -0.25) is 14.6 Å². The third kappa shape index (κ3) is 4.05. The van der Waals surface area contributed by atoms with E-state index in [-0.39, 0.29) is 17.4 Å². The molecule has 0 aliphatic rings. The van der Waals surface area contributed by atoms with Crippen LogP contribution in [0.4, 0.5) is 5.82 Å². The summed E-state index contributed by atoms with van der Waals surface area (Å²) < 4.78 is 7.04. The van der Waals surface area contributed by atoms with Gasteiger partial charge in [0.25, 0.3) is 11.5 Å². The summed E-state index contributed by atoms with van der Waals surface area (Å²) in [7, 11) is 0. The van der Waals surface area contributed by atoms with Gasteiger partial charge in [0.05, 0.1) is 5.69 Å². The number of nitrogens with one attached hydrogen (secondary N) is 2. The van der Waals surface area contributed by atoms with Gasteiger partial charge in [0.2, 0.25) is 5.95 Å². The maximum atomic E-state index is 12.5. The third-order valence-corrected chi connectivity index (χ3v) is 4.09. The number of para-hydroxylation sites is 1. The average molecular weight is 367 g/mol. The van der Waals surface area contributed by atoms with Gasteiger partial charge in [-0.05, 0) is 39.8 Å². The molecule has 1 aromatic carbocycles. The number of H-pyrrole nitrogens is 1. The first-order valence-electron chi connectivity index (χ1n) is 8.52. The van der Waals surface area contributed by atoms with Crippen LogP contribution in [0, 0.1) is 20.8 Å². The summed E-state index contributed by atoms with van der Waals surface area (Å²) in [6.45, 7) is 6.89. The summed E-state index contributed by atoms with van der Waals surface area (Å²) >= 11 is 0. The Labute approximate surface area is 156 Å². The van der Waals surface area contributed by atoms with Crippen molar-refractivity contribution >= 4 is 11.7 Å². The fourth-order valence-corrected chi connectivity index (χ4v) is 2.47. The van der Waals surface area contributed by atoms with Gasteiger partial charge in [0.15, 0.2) is 6.10 Å². The number of aryl methyl sites for hydroxylation is 2. The SMILES string of the molecule is Cc1cc(NC(=O)[C@H](C)Oc2ccccc2)n(-c2nc(C)c(C)c(=O)[nH]2)n1. The molecule has 1 atom stereocenters. The van der Waals surface area contributed by atoms with Gasteiger partial charge >= 0.3 is 0 Å². The summed E-state index contributed by atoms with van der Waals surface area (Å²) in [5.74, 6) is 0.895. The Bertz CT molecular complexity index is 1020. The number of anilines is 1. The van der Waals surface area contributed by atoms with Crippen molar-refractivity contribution in [2.45, 2.75) is 33.8 Å². The molecular formula is C19H21N5O3. The van der Waals surface area contributed by atoms with E-state index in [1.807, 2.05) is 18.2 Å². The van der Waals surface area contributed by atoms with Crippen molar-refractivity contribution in [1.82, 2.24) is 19.7 Å². The molecule has 8 nitrogen and oxygen atoms in total. The number of rotatable bonds is 5. The lowest BCUT2D eigenvalue weighted by molar-refractivity contribution is -0.122. The average Bonchev–Trinajstić information content (AvgIpc) is 3.00. The number of benzene rings is 1. The van der Waals surface area contributed by atoms with E-state index in [1.54, 1.807) is 45.9 Å². The smallest absolute Gasteiger partial charge is 0.266 e. The van der Waals surface area contributed by atoms with Crippen molar-refractivity contribution in [2.75, 3.05) is 5.32 Å². The number of amides is 1. The van der Waals surface area contributed by atoms with Crippen molar-refractivity contribution in [2.24, 2.45) is 0 Å². The maximum absolute atomic E-state index is 12.5. The molecule has 0 radical (unpaired) electrons. The summed E-state index contributed by atoms with van der Waals surface area (Å²) in [6, 6.07) is 10.8. The van der Waals surface area contributed by atoms with Gasteiger partial charge in [0.1, 0.15) is 11.6 Å². The molecule has 2 aromatic heterocycles. The highest BCUT2D eigenvalue weighted by Gasteiger charge is 2.19. The molecule has 2 heterocycles. The fraction of sp³-hybridized carbons (Fsp3) is 0.263. The highest BCUT2D eigenvalue weighted by Crippen LogP contribution is 2.16. The first-order valence-corrected chi connectivity index (χ1v) is 8.52. The molecule has 27 heavy (non-hydrogen) atoms. The number of carbonyl (C=O) groups excluding carboxylic acids is 1. The van der Waals surface area contributed by atoms with E-state index in [0.717, 1.165) is 0 Å². The minimum atomic E-state index is -0.720. The van der Waals surface area contributed by atoms with Crippen molar-refractivity contribution < 1.29 is 9.53 Å². The Morgan fingerprint density at radius 1 is 1.22 bits per heavy atom. The van der Waals surface area contributed by atoms with E-state index in [4.69, 9.17) is 4.74 Å². The number of hydrogen-bond donors (Lipinski definition) is 2. The van der Waals surface area contributed by atoms with Crippen LogP contribution >= 0.6 is 0 Å². The molecule has 0 unspecified atom stereocenters. The molecule has 3 aromatic rings. The zero-order chi connectivity index (χ0) is 19.6. The number of nitrogens with zero attached hydrogens (tertiary/aromatic N) is 3. The molecule has 0 bridgehead atoms. The van der Waals surface area contributed by atoms with E-state index < -0.39 is 6.10 Å². The Morgan fingerprint density at radius 3 is 2.59 bits per heavy atom. The predicted octanol–water partition coefficient (Wildman–Crippen LogP) is 2.29. The van der Waals surface area contributed by atoms with Crippen LogP contribution in [0.1, 0.15) is 23.9 Å². The van der Waals surface area contributed by atoms with Crippen LogP contribution in [0.3, 0.4) is 0 Å². The monoisotopic (exact) mass is 367 g/mol. The van der Waals surface area contributed by atoms with Crippen LogP contribution in [0.25, 0.3) is 5.95 Å². The largest absolute Gasteiger partial charge is 0.481 e. The van der Waals surface area contributed by atoms with Gasteiger partial charge in [-0.2, -0.15) is 9.78 Å². The maximum Gasteiger partial charge on any atom is 0.266 e. The van der Waals surface area contributed by atoms with E-state index in [9.17, 15) is 9.59 Å². The van der Waals surface area contributed by atoms with Gasteiger partial charge in [-0.15, -0.1) is 0 Å². The molecule has 1 amide bonds. The number of aromatic nitrogens is 4. The Morgan fingerprint density at radius 2 is 1.93 bits per heavy atom. The summed E-state index contributed by atoms with van der Waals surface area (Å²) in [6.07, 6.45) is -0.720. The normalized spacial score (nSPS) is 11.9. The summed E-state index contributed by atoms with van der Waals surface area (Å²) in [5, 5.41) is 7.10. The van der Waals surface area contributed by atoms with E-state index in [1.165, 1.54) is 4.68 Å². The Hall–Kier alpha value is -3.42. The highest BCUT2D eigenvalue weighted by atomic mass is 16.5. The Kier molecular flexibility index (Phi) is 5.07. The van der Waals surface area contributed by atoms with Crippen LogP contribution in [-0.2, 0) is 4.79 Å². The number of hydrogen-bond acceptors (Lipinski definition) is 5. The molecule has 0 spiro atoms. The fourth-order valence-electron chi connectivity index (χ4n) is 2.47.